The Bertz CT molecular complexity index is 788. The summed E-state index contributed by atoms with van der Waals surface area (Å²) in [6.07, 6.45) is 8.05. The van der Waals surface area contributed by atoms with Gasteiger partial charge in [-0.15, -0.1) is 11.3 Å². The van der Waals surface area contributed by atoms with E-state index in [1.165, 1.54) is 4.88 Å². The van der Waals surface area contributed by atoms with Crippen LogP contribution in [0.5, 0.6) is 5.88 Å². The van der Waals surface area contributed by atoms with Crippen LogP contribution in [0.15, 0.2) is 42.9 Å². The maximum absolute atomic E-state index is 5.77. The lowest BCUT2D eigenvalue weighted by Crippen LogP contribution is -1.96. The van der Waals surface area contributed by atoms with E-state index in [1.54, 1.807) is 24.6 Å². The fourth-order valence-electron chi connectivity index (χ4n) is 2.78. The van der Waals surface area contributed by atoms with Gasteiger partial charge in [-0.25, -0.2) is 9.97 Å². The van der Waals surface area contributed by atoms with E-state index in [0.717, 1.165) is 35.8 Å². The second kappa shape index (κ2) is 6.14. The molecular formula is C17H17N3O2S. The molecule has 0 unspecified atom stereocenters. The molecule has 4 rings (SSSR count). The van der Waals surface area contributed by atoms with Gasteiger partial charge in [0.15, 0.2) is 5.82 Å². The van der Waals surface area contributed by atoms with Gasteiger partial charge >= 0.3 is 0 Å². The predicted octanol–water partition coefficient (Wildman–Crippen LogP) is 3.86. The van der Waals surface area contributed by atoms with E-state index < -0.39 is 0 Å². The molecule has 1 saturated heterocycles. The van der Waals surface area contributed by atoms with Crippen molar-refractivity contribution in [3.05, 3.63) is 47.7 Å². The summed E-state index contributed by atoms with van der Waals surface area (Å²) in [6, 6.07) is 8.11. The highest BCUT2D eigenvalue weighted by Gasteiger charge is 2.20. The summed E-state index contributed by atoms with van der Waals surface area (Å²) in [5.41, 5.74) is 0.963. The molecule has 0 aromatic carbocycles. The molecule has 0 radical (unpaired) electrons. The molecule has 23 heavy (non-hydrogen) atoms. The molecule has 118 valence electrons. The normalized spacial score (nSPS) is 17.5. The van der Waals surface area contributed by atoms with Gasteiger partial charge in [-0.05, 0) is 31.0 Å². The zero-order valence-electron chi connectivity index (χ0n) is 12.8. The molecule has 0 saturated carbocycles. The summed E-state index contributed by atoms with van der Waals surface area (Å²) >= 11 is 1.75. The number of imidazole rings is 1. The Balaban J connectivity index is 1.66. The number of methoxy groups -OCH3 is 1. The van der Waals surface area contributed by atoms with E-state index in [9.17, 15) is 0 Å². The zero-order valence-corrected chi connectivity index (χ0v) is 13.6. The van der Waals surface area contributed by atoms with Crippen molar-refractivity contribution in [3.63, 3.8) is 0 Å². The van der Waals surface area contributed by atoms with E-state index in [1.807, 2.05) is 29.1 Å². The number of hydrogen-bond acceptors (Lipinski definition) is 5. The van der Waals surface area contributed by atoms with E-state index in [2.05, 4.69) is 22.1 Å². The van der Waals surface area contributed by atoms with Gasteiger partial charge in [0.1, 0.15) is 0 Å². The van der Waals surface area contributed by atoms with Gasteiger partial charge in [-0.2, -0.15) is 0 Å². The number of aromatic nitrogens is 3. The Labute approximate surface area is 138 Å². The van der Waals surface area contributed by atoms with Gasteiger partial charge in [0, 0.05) is 29.9 Å². The molecule has 5 nitrogen and oxygen atoms in total. The number of thiophene rings is 1. The van der Waals surface area contributed by atoms with Gasteiger partial charge in [0.2, 0.25) is 5.88 Å². The minimum atomic E-state index is 0.250. The van der Waals surface area contributed by atoms with Crippen LogP contribution in [0.4, 0.5) is 0 Å². The summed E-state index contributed by atoms with van der Waals surface area (Å²) in [5, 5.41) is 0. The van der Waals surface area contributed by atoms with Crippen molar-refractivity contribution in [1.29, 1.82) is 0 Å². The van der Waals surface area contributed by atoms with Gasteiger partial charge < -0.3 is 9.47 Å². The molecule has 0 bridgehead atoms. The van der Waals surface area contributed by atoms with Crippen LogP contribution in [0.2, 0.25) is 0 Å². The molecule has 3 aromatic rings. The first-order chi connectivity index (χ1) is 11.3. The Morgan fingerprint density at radius 2 is 2.22 bits per heavy atom. The quantitative estimate of drug-likeness (QED) is 0.730. The molecule has 4 heterocycles. The highest BCUT2D eigenvalue weighted by molar-refractivity contribution is 7.15. The lowest BCUT2D eigenvalue weighted by Gasteiger charge is -2.07. The SMILES string of the molecule is COc1ccc(-n2ccnc2-c2ccc([C@H]3CCCO3)s2)cn1. The van der Waals surface area contributed by atoms with Crippen LogP contribution in [0.25, 0.3) is 16.4 Å². The third kappa shape index (κ3) is 2.75. The lowest BCUT2D eigenvalue weighted by molar-refractivity contribution is 0.114. The summed E-state index contributed by atoms with van der Waals surface area (Å²) in [7, 11) is 1.61. The smallest absolute Gasteiger partial charge is 0.213 e. The lowest BCUT2D eigenvalue weighted by atomic mass is 10.2. The second-order valence-electron chi connectivity index (χ2n) is 5.38. The molecule has 3 aromatic heterocycles. The molecule has 0 spiro atoms. The Morgan fingerprint density at radius 1 is 1.26 bits per heavy atom. The maximum atomic E-state index is 5.77. The molecule has 1 aliphatic heterocycles. The molecule has 0 aliphatic carbocycles. The van der Waals surface area contributed by atoms with Crippen molar-refractivity contribution in [2.45, 2.75) is 18.9 Å². The molecular weight excluding hydrogens is 310 g/mol. The fraction of sp³-hybridized carbons (Fsp3) is 0.294. The van der Waals surface area contributed by atoms with Crippen LogP contribution in [0.1, 0.15) is 23.8 Å². The molecule has 0 N–H and O–H groups in total. The van der Waals surface area contributed by atoms with Crippen LogP contribution in [0, 0.1) is 0 Å². The van der Waals surface area contributed by atoms with Crippen molar-refractivity contribution >= 4 is 11.3 Å². The molecule has 1 aliphatic rings. The van der Waals surface area contributed by atoms with Gasteiger partial charge in [-0.3, -0.25) is 4.57 Å². The molecule has 6 heteroatoms. The van der Waals surface area contributed by atoms with Crippen molar-refractivity contribution in [1.82, 2.24) is 14.5 Å². The number of pyridine rings is 1. The zero-order chi connectivity index (χ0) is 15.6. The largest absolute Gasteiger partial charge is 0.481 e. The summed E-state index contributed by atoms with van der Waals surface area (Å²) in [6.45, 7) is 0.865. The fourth-order valence-corrected chi connectivity index (χ4v) is 3.86. The highest BCUT2D eigenvalue weighted by Crippen LogP contribution is 2.37. The number of nitrogens with zero attached hydrogens (tertiary/aromatic N) is 3. The monoisotopic (exact) mass is 327 g/mol. The van der Waals surface area contributed by atoms with Crippen molar-refractivity contribution in [2.24, 2.45) is 0 Å². The minimum absolute atomic E-state index is 0.250. The Hall–Kier alpha value is -2.18. The van der Waals surface area contributed by atoms with Crippen LogP contribution in [-0.2, 0) is 4.74 Å². The first-order valence-electron chi connectivity index (χ1n) is 7.60. The van der Waals surface area contributed by atoms with Crippen molar-refractivity contribution in [3.8, 4) is 22.3 Å². The summed E-state index contributed by atoms with van der Waals surface area (Å²) < 4.78 is 12.9. The average molecular weight is 327 g/mol. The number of ether oxygens (including phenoxy) is 2. The van der Waals surface area contributed by atoms with E-state index in [0.29, 0.717) is 5.88 Å². The van der Waals surface area contributed by atoms with Crippen LogP contribution in [0.3, 0.4) is 0 Å². The van der Waals surface area contributed by atoms with Crippen LogP contribution < -0.4 is 4.74 Å². The summed E-state index contributed by atoms with van der Waals surface area (Å²) in [4.78, 5) is 11.2. The maximum Gasteiger partial charge on any atom is 0.213 e. The van der Waals surface area contributed by atoms with Gasteiger partial charge in [0.05, 0.1) is 30.0 Å². The van der Waals surface area contributed by atoms with E-state index >= 15 is 0 Å². The highest BCUT2D eigenvalue weighted by atomic mass is 32.1. The van der Waals surface area contributed by atoms with Gasteiger partial charge in [0.25, 0.3) is 0 Å². The first-order valence-corrected chi connectivity index (χ1v) is 8.42. The molecule has 1 atom stereocenters. The van der Waals surface area contributed by atoms with Crippen LogP contribution >= 0.6 is 11.3 Å². The number of rotatable bonds is 4. The third-order valence-electron chi connectivity index (χ3n) is 3.94. The average Bonchev–Trinajstić information content (AvgIpc) is 3.34. The van der Waals surface area contributed by atoms with Crippen molar-refractivity contribution in [2.75, 3.05) is 13.7 Å². The third-order valence-corrected chi connectivity index (χ3v) is 5.12. The van der Waals surface area contributed by atoms with Crippen LogP contribution in [-0.4, -0.2) is 28.3 Å². The second-order valence-corrected chi connectivity index (χ2v) is 6.50. The minimum Gasteiger partial charge on any atom is -0.481 e. The Morgan fingerprint density at radius 3 is 2.96 bits per heavy atom. The standard InChI is InChI=1S/C17H17N3O2S/c1-21-16-7-4-12(11-19-16)20-9-8-18-17(20)15-6-5-14(23-15)13-3-2-10-22-13/h4-9,11,13H,2-3,10H2,1H3/t13-/m1/s1. The van der Waals surface area contributed by atoms with Gasteiger partial charge in [-0.1, -0.05) is 0 Å². The topological polar surface area (TPSA) is 49.2 Å². The van der Waals surface area contributed by atoms with E-state index in [4.69, 9.17) is 9.47 Å². The molecule has 0 amide bonds. The Kier molecular flexibility index (Phi) is 3.85. The number of hydrogen-bond donors (Lipinski definition) is 0. The predicted molar refractivity (Wildman–Crippen MR) is 89.2 cm³/mol. The first kappa shape index (κ1) is 14.4. The van der Waals surface area contributed by atoms with E-state index in [-0.39, 0.29) is 6.10 Å². The van der Waals surface area contributed by atoms with Crippen molar-refractivity contribution < 1.29 is 9.47 Å². The molecule has 1 fully saturated rings. The summed E-state index contributed by atoms with van der Waals surface area (Å²) in [5.74, 6) is 1.53.